The molecular formula is C28H29BrN8O3S. The van der Waals surface area contributed by atoms with Crippen molar-refractivity contribution in [3.63, 3.8) is 0 Å². The van der Waals surface area contributed by atoms with Crippen molar-refractivity contribution in [2.75, 3.05) is 29.9 Å². The molecule has 0 aliphatic carbocycles. The Hall–Kier alpha value is -4.03. The first-order chi connectivity index (χ1) is 19.8. The van der Waals surface area contributed by atoms with Gasteiger partial charge >= 0.3 is 0 Å². The van der Waals surface area contributed by atoms with Crippen molar-refractivity contribution >= 4 is 67.8 Å². The second-order valence-corrected chi connectivity index (χ2v) is 10.3. The number of H-pyrrole nitrogens is 1. The largest absolute Gasteiger partial charge is 0.324 e. The van der Waals surface area contributed by atoms with E-state index in [0.29, 0.717) is 28.5 Å². The molecule has 3 aromatic carbocycles. The van der Waals surface area contributed by atoms with E-state index in [1.165, 1.54) is 24.5 Å². The highest BCUT2D eigenvalue weighted by atomic mass is 79.9. The first kappa shape index (κ1) is 29.9. The molecule has 0 fully saturated rings. The second kappa shape index (κ2) is 13.6. The molecule has 0 spiro atoms. The summed E-state index contributed by atoms with van der Waals surface area (Å²) in [6.07, 6.45) is -0.320. The first-order valence-electron chi connectivity index (χ1n) is 13.1. The molecule has 11 nitrogen and oxygen atoms in total. The van der Waals surface area contributed by atoms with E-state index >= 15 is 0 Å². The van der Waals surface area contributed by atoms with Gasteiger partial charge in [0.1, 0.15) is 6.42 Å². The van der Waals surface area contributed by atoms with E-state index in [-0.39, 0.29) is 23.7 Å². The van der Waals surface area contributed by atoms with Gasteiger partial charge in [0.2, 0.25) is 11.8 Å². The maximum absolute atomic E-state index is 13.2. The van der Waals surface area contributed by atoms with Crippen LogP contribution in [0.1, 0.15) is 32.8 Å². The number of fused-ring (bicyclic) bond motifs is 3. The van der Waals surface area contributed by atoms with Crippen molar-refractivity contribution in [3.8, 4) is 11.4 Å². The van der Waals surface area contributed by atoms with Crippen LogP contribution in [0.2, 0.25) is 0 Å². The van der Waals surface area contributed by atoms with Gasteiger partial charge in [-0.1, -0.05) is 71.2 Å². The van der Waals surface area contributed by atoms with Crippen LogP contribution in [0.4, 0.5) is 17.1 Å². The summed E-state index contributed by atoms with van der Waals surface area (Å²) in [5.74, 6) is -0.365. The van der Waals surface area contributed by atoms with Crippen LogP contribution < -0.4 is 10.2 Å². The van der Waals surface area contributed by atoms with E-state index in [9.17, 15) is 9.59 Å². The zero-order valence-corrected chi connectivity index (χ0v) is 25.3. The van der Waals surface area contributed by atoms with Gasteiger partial charge in [0.25, 0.3) is 4.84 Å². The Morgan fingerprint density at radius 3 is 2.51 bits per heavy atom. The summed E-state index contributed by atoms with van der Waals surface area (Å²) in [6.45, 7) is 10.3. The molecule has 1 aliphatic heterocycles. The molecule has 4 aromatic rings. The number of rotatable bonds is 7. The van der Waals surface area contributed by atoms with Crippen molar-refractivity contribution in [3.05, 3.63) is 73.8 Å². The van der Waals surface area contributed by atoms with Gasteiger partial charge < -0.3 is 14.7 Å². The fraction of sp³-hybridized carbons (Fsp3) is 0.286. The van der Waals surface area contributed by atoms with Gasteiger partial charge in [-0.05, 0) is 72.6 Å². The molecule has 0 radical (unpaired) electrons. The molecule has 1 aromatic heterocycles. The third kappa shape index (κ3) is 6.83. The number of carbonyl (C=O) groups excluding carboxylic acids is 2. The molecule has 0 saturated heterocycles. The standard InChI is InChI=1S/C22H14BrN7O3S.C6H15N/c23-16-8-17-20(14-5-4-11(6-15(14)16)10-25-29-24)26-18(31)9-19(32)30(17)13-3-1-2-12(7-13)21-27-22(34)33-28-21;1-4-7(5-2)6-3/h1-8H,9-10H2,(H,26,31)(H,27,28,34);4-6H2,1-3H3. The van der Waals surface area contributed by atoms with Crippen LogP contribution >= 0.6 is 28.1 Å². The number of hydrogen-bond acceptors (Lipinski definition) is 7. The minimum Gasteiger partial charge on any atom is -0.324 e. The third-order valence-corrected chi connectivity index (χ3v) is 7.51. The number of carbonyl (C=O) groups is 2. The lowest BCUT2D eigenvalue weighted by Crippen LogP contribution is -2.26. The Morgan fingerprint density at radius 1 is 1.12 bits per heavy atom. The third-order valence-electron chi connectivity index (χ3n) is 6.67. The van der Waals surface area contributed by atoms with Crippen LogP contribution in [-0.4, -0.2) is 46.5 Å². The van der Waals surface area contributed by atoms with E-state index in [1.54, 1.807) is 30.3 Å². The highest BCUT2D eigenvalue weighted by Crippen LogP contribution is 2.44. The molecule has 0 atom stereocenters. The smallest absolute Gasteiger partial charge is 0.295 e. The van der Waals surface area contributed by atoms with Gasteiger partial charge in [-0.2, -0.15) is 0 Å². The lowest BCUT2D eigenvalue weighted by Gasteiger charge is -2.24. The highest BCUT2D eigenvalue weighted by Gasteiger charge is 2.30. The number of nitrogens with zero attached hydrogens (tertiary/aromatic N) is 6. The van der Waals surface area contributed by atoms with Gasteiger partial charge in [-0.25, -0.2) is 0 Å². The number of halogens is 1. The number of anilines is 3. The number of aromatic nitrogens is 2. The summed E-state index contributed by atoms with van der Waals surface area (Å²) in [4.78, 5) is 35.5. The van der Waals surface area contributed by atoms with E-state index in [1.807, 2.05) is 18.2 Å². The maximum atomic E-state index is 13.2. The van der Waals surface area contributed by atoms with Gasteiger partial charge in [0, 0.05) is 26.0 Å². The molecule has 2 amide bonds. The minimum atomic E-state index is -0.410. The Labute approximate surface area is 250 Å². The number of hydrogen-bond donors (Lipinski definition) is 2. The van der Waals surface area contributed by atoms with Crippen LogP contribution in [-0.2, 0) is 16.1 Å². The van der Waals surface area contributed by atoms with Gasteiger partial charge in [-0.3, -0.25) is 19.5 Å². The number of amides is 2. The monoisotopic (exact) mass is 636 g/mol. The molecule has 0 saturated carbocycles. The number of azide groups is 1. The fourth-order valence-electron chi connectivity index (χ4n) is 4.57. The van der Waals surface area contributed by atoms with Crippen LogP contribution in [0, 0.1) is 4.84 Å². The van der Waals surface area contributed by atoms with Crippen LogP contribution in [0.5, 0.6) is 0 Å². The molecule has 2 N–H and O–H groups in total. The van der Waals surface area contributed by atoms with Gasteiger partial charge in [-0.15, -0.1) is 0 Å². The molecule has 0 bridgehead atoms. The SMILES string of the molecule is CCN(CC)CC.[N-]=[N+]=NCc1ccc2c3c(cc(Br)c2c1)N(c1cccc(-c2noc(=S)[nH]2)c1)C(=O)CC(=O)N3. The second-order valence-electron chi connectivity index (χ2n) is 9.09. The van der Waals surface area contributed by atoms with Crippen molar-refractivity contribution in [2.45, 2.75) is 33.7 Å². The number of benzene rings is 3. The Balaban J connectivity index is 0.000000493. The molecule has 2 heterocycles. The summed E-state index contributed by atoms with van der Waals surface area (Å²) in [6, 6.07) is 14.4. The summed E-state index contributed by atoms with van der Waals surface area (Å²) in [5, 5.41) is 11.9. The predicted molar refractivity (Wildman–Crippen MR) is 165 cm³/mol. The Bertz CT molecular complexity index is 1690. The fourth-order valence-corrected chi connectivity index (χ4v) is 5.25. The summed E-state index contributed by atoms with van der Waals surface area (Å²) < 4.78 is 5.67. The summed E-state index contributed by atoms with van der Waals surface area (Å²) in [5.41, 5.74) is 11.7. The van der Waals surface area contributed by atoms with Gasteiger partial charge in [0.15, 0.2) is 5.82 Å². The zero-order chi connectivity index (χ0) is 29.5. The van der Waals surface area contributed by atoms with Gasteiger partial charge in [0.05, 0.1) is 17.9 Å². The zero-order valence-electron chi connectivity index (χ0n) is 22.8. The van der Waals surface area contributed by atoms with E-state index < -0.39 is 5.91 Å². The van der Waals surface area contributed by atoms with Crippen LogP contribution in [0.25, 0.3) is 32.6 Å². The lowest BCUT2D eigenvalue weighted by atomic mass is 10.0. The van der Waals surface area contributed by atoms with E-state index in [2.05, 4.69) is 67.1 Å². The molecule has 41 heavy (non-hydrogen) atoms. The topological polar surface area (TPSA) is 143 Å². The maximum Gasteiger partial charge on any atom is 0.295 e. The molecule has 5 rings (SSSR count). The quantitative estimate of drug-likeness (QED) is 0.0707. The van der Waals surface area contributed by atoms with Crippen molar-refractivity contribution in [1.29, 1.82) is 0 Å². The Kier molecular flexibility index (Phi) is 9.90. The first-order valence-corrected chi connectivity index (χ1v) is 14.3. The molecule has 1 aliphatic rings. The average Bonchev–Trinajstić information content (AvgIpc) is 3.36. The summed E-state index contributed by atoms with van der Waals surface area (Å²) >= 11 is 8.56. The highest BCUT2D eigenvalue weighted by molar-refractivity contribution is 9.10. The molecule has 212 valence electrons. The average molecular weight is 638 g/mol. The van der Waals surface area contributed by atoms with E-state index in [0.717, 1.165) is 20.8 Å². The predicted octanol–water partition coefficient (Wildman–Crippen LogP) is 7.48. The number of aromatic amines is 1. The van der Waals surface area contributed by atoms with Crippen LogP contribution in [0.15, 0.2) is 62.6 Å². The number of nitrogens with one attached hydrogen (secondary N) is 2. The van der Waals surface area contributed by atoms with Crippen LogP contribution in [0.3, 0.4) is 0 Å². The van der Waals surface area contributed by atoms with Crippen molar-refractivity contribution < 1.29 is 14.1 Å². The van der Waals surface area contributed by atoms with E-state index in [4.69, 9.17) is 22.3 Å². The normalized spacial score (nSPS) is 12.8. The molecule has 0 unspecified atom stereocenters. The van der Waals surface area contributed by atoms with Crippen molar-refractivity contribution in [1.82, 2.24) is 15.0 Å². The van der Waals surface area contributed by atoms with Crippen molar-refractivity contribution in [2.24, 2.45) is 5.11 Å². The Morgan fingerprint density at radius 2 is 1.88 bits per heavy atom. The molecular weight excluding hydrogens is 608 g/mol. The molecule has 13 heteroatoms. The summed E-state index contributed by atoms with van der Waals surface area (Å²) in [7, 11) is 0. The minimum absolute atomic E-state index is 0.140. The lowest BCUT2D eigenvalue weighted by molar-refractivity contribution is -0.124.